The van der Waals surface area contributed by atoms with Gasteiger partial charge in [0.1, 0.15) is 0 Å². The molecule has 0 saturated carbocycles. The predicted molar refractivity (Wildman–Crippen MR) is 84.3 cm³/mol. The Morgan fingerprint density at radius 1 is 1.11 bits per heavy atom. The van der Waals surface area contributed by atoms with Crippen LogP contribution in [0.25, 0.3) is 5.57 Å². The molecular weight excluding hydrogens is 235 g/mol. The molecule has 0 saturated heterocycles. The Balaban J connectivity index is 2.33. The Kier molecular flexibility index (Phi) is 4.07. The maximum Gasteiger partial charge on any atom is -0.00276 e. The van der Waals surface area contributed by atoms with Gasteiger partial charge in [-0.15, -0.1) is 0 Å². The number of rotatable bonds is 2. The van der Waals surface area contributed by atoms with E-state index in [9.17, 15) is 0 Å². The van der Waals surface area contributed by atoms with Crippen LogP contribution in [0.15, 0.2) is 47.8 Å². The van der Waals surface area contributed by atoms with E-state index in [0.29, 0.717) is 5.16 Å². The molecule has 1 aliphatic rings. The summed E-state index contributed by atoms with van der Waals surface area (Å²) in [6, 6.07) is 10.8. The van der Waals surface area contributed by atoms with Gasteiger partial charge in [0.05, 0.1) is 0 Å². The van der Waals surface area contributed by atoms with Crippen LogP contribution in [0.2, 0.25) is 0 Å². The first-order valence-electron chi connectivity index (χ1n) is 6.74. The van der Waals surface area contributed by atoms with E-state index in [0.717, 1.165) is 6.42 Å². The highest BCUT2D eigenvalue weighted by atomic mass is 31.1. The Morgan fingerprint density at radius 3 is 2.33 bits per heavy atom. The van der Waals surface area contributed by atoms with Crippen LogP contribution in [0.5, 0.6) is 0 Å². The van der Waals surface area contributed by atoms with Crippen LogP contribution >= 0.6 is 7.92 Å². The van der Waals surface area contributed by atoms with Crippen LogP contribution < -0.4 is 0 Å². The average molecular weight is 258 g/mol. The van der Waals surface area contributed by atoms with Crippen molar-refractivity contribution in [1.29, 1.82) is 0 Å². The minimum atomic E-state index is -0.0512. The van der Waals surface area contributed by atoms with Gasteiger partial charge in [-0.3, -0.25) is 0 Å². The minimum absolute atomic E-state index is 0.0512. The molecule has 1 unspecified atom stereocenters. The van der Waals surface area contributed by atoms with Crippen molar-refractivity contribution in [2.75, 3.05) is 6.16 Å². The van der Waals surface area contributed by atoms with Gasteiger partial charge >= 0.3 is 0 Å². The lowest BCUT2D eigenvalue weighted by Crippen LogP contribution is -2.14. The third-order valence-corrected chi connectivity index (χ3v) is 6.48. The van der Waals surface area contributed by atoms with E-state index in [2.05, 4.69) is 69.9 Å². The zero-order valence-electron chi connectivity index (χ0n) is 11.9. The number of hydrogen-bond acceptors (Lipinski definition) is 0. The third kappa shape index (κ3) is 3.12. The Labute approximate surface area is 113 Å². The van der Waals surface area contributed by atoms with Crippen molar-refractivity contribution in [3.8, 4) is 0 Å². The molecule has 1 heteroatoms. The van der Waals surface area contributed by atoms with E-state index in [4.69, 9.17) is 0 Å². The molecule has 1 atom stereocenters. The summed E-state index contributed by atoms with van der Waals surface area (Å²) in [6.45, 7) is 9.37. The second kappa shape index (κ2) is 5.41. The van der Waals surface area contributed by atoms with Gasteiger partial charge in [0.15, 0.2) is 0 Å². The fraction of sp³-hybridized carbons (Fsp3) is 0.412. The molecule has 0 radical (unpaired) electrons. The molecule has 0 fully saturated rings. The topological polar surface area (TPSA) is 0 Å². The van der Waals surface area contributed by atoms with Crippen molar-refractivity contribution in [1.82, 2.24) is 0 Å². The molecule has 0 bridgehead atoms. The van der Waals surface area contributed by atoms with E-state index in [1.807, 2.05) is 0 Å². The van der Waals surface area contributed by atoms with Crippen LogP contribution in [0.1, 0.15) is 39.7 Å². The minimum Gasteiger partial charge on any atom is -0.0729 e. The monoisotopic (exact) mass is 258 g/mol. The first-order valence-corrected chi connectivity index (χ1v) is 8.34. The van der Waals surface area contributed by atoms with E-state index < -0.39 is 0 Å². The zero-order chi connectivity index (χ0) is 13.2. The smallest absolute Gasteiger partial charge is 0.00276 e. The van der Waals surface area contributed by atoms with Gasteiger partial charge in [-0.1, -0.05) is 77.8 Å². The molecule has 1 aromatic rings. The van der Waals surface area contributed by atoms with Crippen molar-refractivity contribution in [2.45, 2.75) is 39.3 Å². The SMILES string of the molecule is CCC1=CP(C(C)(C)C)CC(c2ccccc2)=C1. The summed E-state index contributed by atoms with van der Waals surface area (Å²) >= 11 is 0. The van der Waals surface area contributed by atoms with Crippen molar-refractivity contribution >= 4 is 13.5 Å². The van der Waals surface area contributed by atoms with E-state index in [-0.39, 0.29) is 7.92 Å². The number of allylic oxidation sites excluding steroid dienone is 3. The summed E-state index contributed by atoms with van der Waals surface area (Å²) in [5.41, 5.74) is 4.44. The van der Waals surface area contributed by atoms with Crippen LogP contribution in [-0.4, -0.2) is 11.3 Å². The average Bonchev–Trinajstić information content (AvgIpc) is 2.38. The maximum absolute atomic E-state index is 2.54. The molecule has 1 aromatic carbocycles. The molecular formula is C17H23P. The zero-order valence-corrected chi connectivity index (χ0v) is 12.8. The van der Waals surface area contributed by atoms with Crippen LogP contribution in [0.3, 0.4) is 0 Å². The molecule has 0 N–H and O–H groups in total. The second-order valence-corrected chi connectivity index (χ2v) is 8.75. The van der Waals surface area contributed by atoms with E-state index in [1.165, 1.54) is 22.9 Å². The van der Waals surface area contributed by atoms with Crippen molar-refractivity contribution in [2.24, 2.45) is 0 Å². The Morgan fingerprint density at radius 2 is 1.78 bits per heavy atom. The highest BCUT2D eigenvalue weighted by Crippen LogP contribution is 2.56. The highest BCUT2D eigenvalue weighted by molar-refractivity contribution is 7.63. The Hall–Kier alpha value is -0.870. The molecule has 1 aliphatic heterocycles. The van der Waals surface area contributed by atoms with Gasteiger partial charge in [0.2, 0.25) is 0 Å². The van der Waals surface area contributed by atoms with E-state index in [1.54, 1.807) is 0 Å². The number of benzene rings is 1. The van der Waals surface area contributed by atoms with Gasteiger partial charge in [0, 0.05) is 0 Å². The molecule has 0 aromatic heterocycles. The molecule has 96 valence electrons. The predicted octanol–water partition coefficient (Wildman–Crippen LogP) is 5.66. The van der Waals surface area contributed by atoms with Crippen LogP contribution in [-0.2, 0) is 0 Å². The summed E-state index contributed by atoms with van der Waals surface area (Å²) in [5, 5.41) is 0.407. The van der Waals surface area contributed by atoms with Crippen molar-refractivity contribution in [3.63, 3.8) is 0 Å². The van der Waals surface area contributed by atoms with Gasteiger partial charge in [-0.05, 0) is 34.4 Å². The highest BCUT2D eigenvalue weighted by Gasteiger charge is 2.26. The molecule has 2 rings (SSSR count). The fourth-order valence-corrected chi connectivity index (χ4v) is 4.44. The summed E-state index contributed by atoms with van der Waals surface area (Å²) in [4.78, 5) is 0. The molecule has 0 nitrogen and oxygen atoms in total. The first-order chi connectivity index (χ1) is 8.50. The lowest BCUT2D eigenvalue weighted by molar-refractivity contribution is 0.787. The van der Waals surface area contributed by atoms with Crippen molar-refractivity contribution in [3.05, 3.63) is 53.4 Å². The first kappa shape index (κ1) is 13.6. The van der Waals surface area contributed by atoms with Gasteiger partial charge in [-0.2, -0.15) is 0 Å². The molecule has 0 spiro atoms. The van der Waals surface area contributed by atoms with Gasteiger partial charge in [0.25, 0.3) is 0 Å². The lowest BCUT2D eigenvalue weighted by Gasteiger charge is -2.33. The van der Waals surface area contributed by atoms with Gasteiger partial charge < -0.3 is 0 Å². The van der Waals surface area contributed by atoms with E-state index >= 15 is 0 Å². The maximum atomic E-state index is 2.54. The summed E-state index contributed by atoms with van der Waals surface area (Å²) in [7, 11) is -0.0512. The molecule has 0 aliphatic carbocycles. The Bertz CT molecular complexity index is 460. The van der Waals surface area contributed by atoms with Crippen molar-refractivity contribution < 1.29 is 0 Å². The third-order valence-electron chi connectivity index (χ3n) is 3.44. The molecule has 0 amide bonds. The fourth-order valence-electron chi connectivity index (χ4n) is 2.19. The quantitative estimate of drug-likeness (QED) is 0.600. The van der Waals surface area contributed by atoms with Crippen LogP contribution in [0, 0.1) is 0 Å². The second-order valence-electron chi connectivity index (χ2n) is 5.89. The standard InChI is InChI=1S/C17H23P/c1-5-14-11-16(15-9-7-6-8-10-15)13-18(12-14)17(2,3)4/h6-12H,5,13H2,1-4H3. The van der Waals surface area contributed by atoms with Gasteiger partial charge in [-0.25, -0.2) is 0 Å². The molecule has 1 heterocycles. The van der Waals surface area contributed by atoms with Crippen LogP contribution in [0.4, 0.5) is 0 Å². The molecule has 18 heavy (non-hydrogen) atoms. The largest absolute Gasteiger partial charge is 0.0729 e. The summed E-state index contributed by atoms with van der Waals surface area (Å²) in [5.74, 6) is 2.54. The summed E-state index contributed by atoms with van der Waals surface area (Å²) < 4.78 is 0. The normalized spacial score (nSPS) is 20.3. The lowest BCUT2D eigenvalue weighted by atomic mass is 10.0. The number of hydrogen-bond donors (Lipinski definition) is 0. The summed E-state index contributed by atoms with van der Waals surface area (Å²) in [6.07, 6.45) is 4.78.